The van der Waals surface area contributed by atoms with Gasteiger partial charge in [0.1, 0.15) is 5.75 Å². The third-order valence-corrected chi connectivity index (χ3v) is 3.23. The Kier molecular flexibility index (Phi) is 4.72. The van der Waals surface area contributed by atoms with Crippen molar-refractivity contribution in [1.82, 2.24) is 4.90 Å². The summed E-state index contributed by atoms with van der Waals surface area (Å²) in [7, 11) is 0. The molecule has 3 nitrogen and oxygen atoms in total. The second-order valence-electron chi connectivity index (χ2n) is 4.25. The molecule has 5 heteroatoms. The molecule has 1 amide bonds. The molecule has 0 aliphatic heterocycles. The van der Waals surface area contributed by atoms with Crippen LogP contribution in [0.2, 0.25) is 5.02 Å². The molecule has 0 aromatic heterocycles. The van der Waals surface area contributed by atoms with Crippen LogP contribution in [-0.4, -0.2) is 35.9 Å². The lowest BCUT2D eigenvalue weighted by atomic mass is 10.3. The van der Waals surface area contributed by atoms with Gasteiger partial charge in [0.15, 0.2) is 6.61 Å². The van der Waals surface area contributed by atoms with Crippen molar-refractivity contribution in [1.29, 1.82) is 0 Å². The number of carbonyl (C=O) groups is 1. The summed E-state index contributed by atoms with van der Waals surface area (Å²) in [6.45, 7) is 0.643. The van der Waals surface area contributed by atoms with Crippen molar-refractivity contribution < 1.29 is 9.53 Å². The number of alkyl halides is 1. The van der Waals surface area contributed by atoms with E-state index in [-0.39, 0.29) is 12.5 Å². The Balaban J connectivity index is 1.84. The second kappa shape index (κ2) is 6.30. The van der Waals surface area contributed by atoms with Crippen molar-refractivity contribution in [2.75, 3.05) is 19.0 Å². The van der Waals surface area contributed by atoms with E-state index in [0.717, 1.165) is 12.8 Å². The largest absolute Gasteiger partial charge is 0.484 e. The summed E-state index contributed by atoms with van der Waals surface area (Å²) in [5.41, 5.74) is 0. The Bertz CT molecular complexity index is 404. The van der Waals surface area contributed by atoms with E-state index in [1.807, 2.05) is 4.90 Å². The van der Waals surface area contributed by atoms with Crippen LogP contribution < -0.4 is 4.74 Å². The van der Waals surface area contributed by atoms with Crippen molar-refractivity contribution in [2.24, 2.45) is 0 Å². The summed E-state index contributed by atoms with van der Waals surface area (Å²) >= 11 is 11.5. The van der Waals surface area contributed by atoms with Gasteiger partial charge in [0.25, 0.3) is 5.91 Å². The highest BCUT2D eigenvalue weighted by Crippen LogP contribution is 2.27. The number of rotatable bonds is 6. The molecule has 2 rings (SSSR count). The lowest BCUT2D eigenvalue weighted by Gasteiger charge is -2.21. The zero-order valence-corrected chi connectivity index (χ0v) is 11.5. The standard InChI is InChI=1S/C13H15Cl2NO2/c14-7-8-16(11-3-4-11)13(17)9-18-12-5-1-10(15)2-6-12/h1-2,5-6,11H,3-4,7-9H2. The van der Waals surface area contributed by atoms with E-state index >= 15 is 0 Å². The van der Waals surface area contributed by atoms with Crippen LogP contribution in [0.25, 0.3) is 0 Å². The van der Waals surface area contributed by atoms with E-state index in [1.54, 1.807) is 24.3 Å². The molecule has 1 saturated carbocycles. The quantitative estimate of drug-likeness (QED) is 0.753. The molecule has 0 radical (unpaired) electrons. The Morgan fingerprint density at radius 2 is 2.00 bits per heavy atom. The number of benzene rings is 1. The molecule has 1 fully saturated rings. The van der Waals surface area contributed by atoms with Crippen LogP contribution in [0.4, 0.5) is 0 Å². The minimum absolute atomic E-state index is 0.00639. The minimum Gasteiger partial charge on any atom is -0.484 e. The molecule has 0 saturated heterocycles. The van der Waals surface area contributed by atoms with Gasteiger partial charge in [0.2, 0.25) is 0 Å². The molecule has 18 heavy (non-hydrogen) atoms. The normalized spacial score (nSPS) is 14.3. The van der Waals surface area contributed by atoms with Crippen molar-refractivity contribution >= 4 is 29.1 Å². The summed E-state index contributed by atoms with van der Waals surface area (Å²) in [4.78, 5) is 13.8. The van der Waals surface area contributed by atoms with Crippen LogP contribution in [0.5, 0.6) is 5.75 Å². The number of amides is 1. The van der Waals surface area contributed by atoms with Gasteiger partial charge in [-0.15, -0.1) is 11.6 Å². The van der Waals surface area contributed by atoms with Crippen LogP contribution >= 0.6 is 23.2 Å². The first kappa shape index (κ1) is 13.5. The monoisotopic (exact) mass is 287 g/mol. The second-order valence-corrected chi connectivity index (χ2v) is 5.06. The first-order valence-electron chi connectivity index (χ1n) is 5.94. The number of hydrogen-bond acceptors (Lipinski definition) is 2. The summed E-state index contributed by atoms with van der Waals surface area (Å²) in [5, 5.41) is 0.649. The van der Waals surface area contributed by atoms with Gasteiger partial charge in [-0.3, -0.25) is 4.79 Å². The van der Waals surface area contributed by atoms with E-state index in [4.69, 9.17) is 27.9 Å². The number of hydrogen-bond donors (Lipinski definition) is 0. The van der Waals surface area contributed by atoms with Crippen molar-refractivity contribution in [3.63, 3.8) is 0 Å². The lowest BCUT2D eigenvalue weighted by molar-refractivity contribution is -0.133. The van der Waals surface area contributed by atoms with E-state index in [9.17, 15) is 4.79 Å². The topological polar surface area (TPSA) is 29.5 Å². The Hall–Kier alpha value is -0.930. The molecule has 1 aliphatic rings. The first-order chi connectivity index (χ1) is 8.70. The fourth-order valence-corrected chi connectivity index (χ4v) is 2.06. The van der Waals surface area contributed by atoms with Gasteiger partial charge in [0, 0.05) is 23.5 Å². The first-order valence-corrected chi connectivity index (χ1v) is 6.86. The third kappa shape index (κ3) is 3.79. The van der Waals surface area contributed by atoms with Crippen LogP contribution in [0, 0.1) is 0 Å². The molecule has 0 bridgehead atoms. The summed E-state index contributed by atoms with van der Waals surface area (Å²) in [5.74, 6) is 1.10. The van der Waals surface area contributed by atoms with E-state index in [2.05, 4.69) is 0 Å². The Morgan fingerprint density at radius 1 is 1.33 bits per heavy atom. The molecule has 0 spiro atoms. The van der Waals surface area contributed by atoms with Crippen molar-refractivity contribution in [3.8, 4) is 5.75 Å². The molecule has 0 atom stereocenters. The summed E-state index contributed by atoms with van der Waals surface area (Å²) in [6.07, 6.45) is 2.15. The lowest BCUT2D eigenvalue weighted by Crippen LogP contribution is -2.38. The van der Waals surface area contributed by atoms with Gasteiger partial charge in [0.05, 0.1) is 0 Å². The summed E-state index contributed by atoms with van der Waals surface area (Å²) in [6, 6.07) is 7.33. The highest BCUT2D eigenvalue weighted by Gasteiger charge is 2.32. The van der Waals surface area contributed by atoms with E-state index in [0.29, 0.717) is 29.2 Å². The number of carbonyl (C=O) groups excluding carboxylic acids is 1. The smallest absolute Gasteiger partial charge is 0.260 e. The Morgan fingerprint density at radius 3 is 2.56 bits per heavy atom. The number of ether oxygens (including phenoxy) is 1. The molecular formula is C13H15Cl2NO2. The Labute approximate surface area is 117 Å². The van der Waals surface area contributed by atoms with Crippen LogP contribution in [0.1, 0.15) is 12.8 Å². The van der Waals surface area contributed by atoms with Gasteiger partial charge >= 0.3 is 0 Å². The molecule has 1 aromatic carbocycles. The maximum atomic E-state index is 12.0. The average molecular weight is 288 g/mol. The maximum Gasteiger partial charge on any atom is 0.260 e. The van der Waals surface area contributed by atoms with E-state index in [1.165, 1.54) is 0 Å². The van der Waals surface area contributed by atoms with Gasteiger partial charge in [-0.2, -0.15) is 0 Å². The molecule has 0 heterocycles. The average Bonchev–Trinajstić information content (AvgIpc) is 3.19. The molecule has 1 aliphatic carbocycles. The van der Waals surface area contributed by atoms with Gasteiger partial charge < -0.3 is 9.64 Å². The van der Waals surface area contributed by atoms with Crippen LogP contribution in [-0.2, 0) is 4.79 Å². The van der Waals surface area contributed by atoms with Crippen molar-refractivity contribution in [3.05, 3.63) is 29.3 Å². The predicted octanol–water partition coefficient (Wildman–Crippen LogP) is 2.95. The van der Waals surface area contributed by atoms with Gasteiger partial charge in [-0.1, -0.05) is 11.6 Å². The molecule has 98 valence electrons. The van der Waals surface area contributed by atoms with E-state index < -0.39 is 0 Å². The minimum atomic E-state index is -0.00639. The highest BCUT2D eigenvalue weighted by atomic mass is 35.5. The zero-order chi connectivity index (χ0) is 13.0. The molecular weight excluding hydrogens is 273 g/mol. The fraction of sp³-hybridized carbons (Fsp3) is 0.462. The number of halogens is 2. The fourth-order valence-electron chi connectivity index (χ4n) is 1.75. The van der Waals surface area contributed by atoms with Gasteiger partial charge in [-0.25, -0.2) is 0 Å². The molecule has 0 unspecified atom stereocenters. The third-order valence-electron chi connectivity index (χ3n) is 2.81. The van der Waals surface area contributed by atoms with Gasteiger partial charge in [-0.05, 0) is 37.1 Å². The SMILES string of the molecule is O=C(COc1ccc(Cl)cc1)N(CCCl)C1CC1. The molecule has 1 aromatic rings. The number of nitrogens with zero attached hydrogens (tertiary/aromatic N) is 1. The maximum absolute atomic E-state index is 12.0. The van der Waals surface area contributed by atoms with Crippen LogP contribution in [0.15, 0.2) is 24.3 Å². The zero-order valence-electron chi connectivity index (χ0n) is 9.94. The molecule has 0 N–H and O–H groups in total. The predicted molar refractivity (Wildman–Crippen MR) is 72.4 cm³/mol. The van der Waals surface area contributed by atoms with Crippen molar-refractivity contribution in [2.45, 2.75) is 18.9 Å². The van der Waals surface area contributed by atoms with Crippen LogP contribution in [0.3, 0.4) is 0 Å². The highest BCUT2D eigenvalue weighted by molar-refractivity contribution is 6.30. The summed E-state index contributed by atoms with van der Waals surface area (Å²) < 4.78 is 5.44.